The summed E-state index contributed by atoms with van der Waals surface area (Å²) in [6.45, 7) is -0.107. The third kappa shape index (κ3) is 2.59. The van der Waals surface area contributed by atoms with Gasteiger partial charge in [-0.25, -0.2) is 4.39 Å². The van der Waals surface area contributed by atoms with Crippen molar-refractivity contribution in [3.63, 3.8) is 0 Å². The van der Waals surface area contributed by atoms with Gasteiger partial charge in [-0.05, 0) is 67.9 Å². The fraction of sp³-hybridized carbons (Fsp3) is 0.611. The molecule has 0 spiro atoms. The SMILES string of the molecule is O=C(COc1ccccc1F)NC1C2CC3CC(C2)CC1C3. The number of para-hydroxylation sites is 1. The zero-order valence-electron chi connectivity index (χ0n) is 12.6. The van der Waals surface area contributed by atoms with E-state index in [-0.39, 0.29) is 18.3 Å². The van der Waals surface area contributed by atoms with E-state index >= 15 is 0 Å². The first-order chi connectivity index (χ1) is 10.7. The van der Waals surface area contributed by atoms with E-state index in [4.69, 9.17) is 4.74 Å². The lowest BCUT2D eigenvalue weighted by atomic mass is 9.54. The van der Waals surface area contributed by atoms with Crippen LogP contribution in [0.2, 0.25) is 0 Å². The number of nitrogens with one attached hydrogen (secondary N) is 1. The fourth-order valence-electron chi connectivity index (χ4n) is 5.09. The first kappa shape index (κ1) is 14.0. The summed E-state index contributed by atoms with van der Waals surface area (Å²) < 4.78 is 18.8. The molecule has 1 aromatic rings. The molecule has 1 aromatic carbocycles. The summed E-state index contributed by atoms with van der Waals surface area (Å²) in [7, 11) is 0. The van der Waals surface area contributed by atoms with E-state index in [9.17, 15) is 9.18 Å². The summed E-state index contributed by atoms with van der Waals surface area (Å²) in [5, 5.41) is 3.17. The molecule has 0 heterocycles. The maximum atomic E-state index is 13.5. The van der Waals surface area contributed by atoms with Crippen LogP contribution in [0.3, 0.4) is 0 Å². The van der Waals surface area contributed by atoms with Crippen LogP contribution >= 0.6 is 0 Å². The molecular formula is C18H22FNO2. The molecule has 1 amide bonds. The molecular weight excluding hydrogens is 281 g/mol. The van der Waals surface area contributed by atoms with E-state index in [0.29, 0.717) is 17.9 Å². The zero-order chi connectivity index (χ0) is 15.1. The van der Waals surface area contributed by atoms with Crippen LogP contribution in [0.25, 0.3) is 0 Å². The molecule has 22 heavy (non-hydrogen) atoms. The molecule has 4 fully saturated rings. The highest BCUT2D eigenvalue weighted by Crippen LogP contribution is 2.53. The van der Waals surface area contributed by atoms with Gasteiger partial charge in [-0.3, -0.25) is 4.79 Å². The van der Waals surface area contributed by atoms with Gasteiger partial charge in [-0.15, -0.1) is 0 Å². The van der Waals surface area contributed by atoms with Crippen molar-refractivity contribution in [2.75, 3.05) is 6.61 Å². The number of carbonyl (C=O) groups excluding carboxylic acids is 1. The molecule has 118 valence electrons. The molecule has 0 aromatic heterocycles. The molecule has 0 atom stereocenters. The van der Waals surface area contributed by atoms with Gasteiger partial charge >= 0.3 is 0 Å². The Bertz CT molecular complexity index is 546. The first-order valence-electron chi connectivity index (χ1n) is 8.35. The Hall–Kier alpha value is -1.58. The van der Waals surface area contributed by atoms with Crippen molar-refractivity contribution in [1.29, 1.82) is 0 Å². The Kier molecular flexibility index (Phi) is 3.55. The van der Waals surface area contributed by atoms with E-state index in [1.54, 1.807) is 18.2 Å². The van der Waals surface area contributed by atoms with E-state index in [2.05, 4.69) is 5.32 Å². The Balaban J connectivity index is 1.34. The minimum Gasteiger partial charge on any atom is -0.481 e. The molecule has 4 aliphatic carbocycles. The van der Waals surface area contributed by atoms with E-state index in [0.717, 1.165) is 11.8 Å². The van der Waals surface area contributed by atoms with E-state index < -0.39 is 5.82 Å². The number of rotatable bonds is 4. The van der Waals surface area contributed by atoms with E-state index in [1.807, 2.05) is 0 Å². The lowest BCUT2D eigenvalue weighted by molar-refractivity contribution is -0.127. The third-order valence-electron chi connectivity index (χ3n) is 5.75. The van der Waals surface area contributed by atoms with Crippen molar-refractivity contribution < 1.29 is 13.9 Å². The normalized spacial score (nSPS) is 35.4. The largest absolute Gasteiger partial charge is 0.481 e. The number of amides is 1. The molecule has 1 N–H and O–H groups in total. The highest BCUT2D eigenvalue weighted by molar-refractivity contribution is 5.78. The highest BCUT2D eigenvalue weighted by atomic mass is 19.1. The first-order valence-corrected chi connectivity index (χ1v) is 8.35. The van der Waals surface area contributed by atoms with Crippen LogP contribution in [0.1, 0.15) is 32.1 Å². The van der Waals surface area contributed by atoms with Gasteiger partial charge in [-0.1, -0.05) is 12.1 Å². The maximum absolute atomic E-state index is 13.5. The van der Waals surface area contributed by atoms with Crippen LogP contribution in [0.5, 0.6) is 5.75 Å². The Labute approximate surface area is 130 Å². The Morgan fingerprint density at radius 2 is 1.73 bits per heavy atom. The Morgan fingerprint density at radius 3 is 2.36 bits per heavy atom. The average Bonchev–Trinajstić information content (AvgIpc) is 2.49. The molecule has 0 aliphatic heterocycles. The van der Waals surface area contributed by atoms with Crippen LogP contribution in [0.15, 0.2) is 24.3 Å². The summed E-state index contributed by atoms with van der Waals surface area (Å²) in [6.07, 6.45) is 6.49. The second-order valence-corrected chi connectivity index (χ2v) is 7.24. The average molecular weight is 303 g/mol. The van der Waals surface area contributed by atoms with Gasteiger partial charge in [0, 0.05) is 6.04 Å². The van der Waals surface area contributed by atoms with Crippen molar-refractivity contribution in [3.8, 4) is 5.75 Å². The molecule has 0 unspecified atom stereocenters. The molecule has 5 rings (SSSR count). The van der Waals surface area contributed by atoms with Crippen molar-refractivity contribution in [2.24, 2.45) is 23.7 Å². The summed E-state index contributed by atoms with van der Waals surface area (Å²) >= 11 is 0. The van der Waals surface area contributed by atoms with Gasteiger partial charge in [0.2, 0.25) is 0 Å². The van der Waals surface area contributed by atoms with Gasteiger partial charge < -0.3 is 10.1 Å². The van der Waals surface area contributed by atoms with Gasteiger partial charge in [-0.2, -0.15) is 0 Å². The van der Waals surface area contributed by atoms with Crippen LogP contribution in [0.4, 0.5) is 4.39 Å². The number of ether oxygens (including phenoxy) is 1. The smallest absolute Gasteiger partial charge is 0.258 e. The topological polar surface area (TPSA) is 38.3 Å². The summed E-state index contributed by atoms with van der Waals surface area (Å²) in [5.41, 5.74) is 0. The van der Waals surface area contributed by atoms with Gasteiger partial charge in [0.15, 0.2) is 18.2 Å². The van der Waals surface area contributed by atoms with E-state index in [1.165, 1.54) is 38.2 Å². The highest BCUT2D eigenvalue weighted by Gasteiger charge is 2.48. The van der Waals surface area contributed by atoms with Crippen molar-refractivity contribution in [2.45, 2.75) is 38.1 Å². The molecule has 4 heteroatoms. The minimum atomic E-state index is -0.426. The van der Waals surface area contributed by atoms with Gasteiger partial charge in [0.1, 0.15) is 0 Å². The molecule has 4 saturated carbocycles. The predicted molar refractivity (Wildman–Crippen MR) is 80.9 cm³/mol. The van der Waals surface area contributed by atoms with Crippen LogP contribution < -0.4 is 10.1 Å². The van der Waals surface area contributed by atoms with Gasteiger partial charge in [0.25, 0.3) is 5.91 Å². The second kappa shape index (κ2) is 5.56. The molecule has 0 saturated heterocycles. The lowest BCUT2D eigenvalue weighted by Crippen LogP contribution is -2.56. The van der Waals surface area contributed by atoms with Crippen molar-refractivity contribution >= 4 is 5.91 Å². The summed E-state index contributed by atoms with van der Waals surface area (Å²) in [4.78, 5) is 12.2. The quantitative estimate of drug-likeness (QED) is 0.928. The lowest BCUT2D eigenvalue weighted by Gasteiger charge is -2.54. The molecule has 4 aliphatic rings. The number of halogens is 1. The van der Waals surface area contributed by atoms with Crippen LogP contribution in [-0.4, -0.2) is 18.6 Å². The molecule has 0 radical (unpaired) electrons. The van der Waals surface area contributed by atoms with Crippen LogP contribution in [0, 0.1) is 29.5 Å². The minimum absolute atomic E-state index is 0.107. The maximum Gasteiger partial charge on any atom is 0.258 e. The number of benzene rings is 1. The van der Waals surface area contributed by atoms with Crippen molar-refractivity contribution in [1.82, 2.24) is 5.32 Å². The second-order valence-electron chi connectivity index (χ2n) is 7.24. The fourth-order valence-corrected chi connectivity index (χ4v) is 5.09. The number of carbonyl (C=O) groups is 1. The number of hydrogen-bond acceptors (Lipinski definition) is 2. The standard InChI is InChI=1S/C18H22FNO2/c19-15-3-1-2-4-16(15)22-10-17(21)20-18-13-6-11-5-12(8-13)9-14(18)7-11/h1-4,11-14,18H,5-10H2,(H,20,21). The van der Waals surface area contributed by atoms with Crippen LogP contribution in [-0.2, 0) is 4.79 Å². The van der Waals surface area contributed by atoms with Gasteiger partial charge in [0.05, 0.1) is 0 Å². The molecule has 4 bridgehead atoms. The molecule has 3 nitrogen and oxygen atoms in total. The Morgan fingerprint density at radius 1 is 1.09 bits per heavy atom. The monoisotopic (exact) mass is 303 g/mol. The zero-order valence-corrected chi connectivity index (χ0v) is 12.6. The summed E-state index contributed by atoms with van der Waals surface area (Å²) in [6, 6.07) is 6.51. The van der Waals surface area contributed by atoms with Crippen molar-refractivity contribution in [3.05, 3.63) is 30.1 Å². The number of hydrogen-bond donors (Lipinski definition) is 1. The predicted octanol–water partition coefficient (Wildman–Crippen LogP) is 3.15. The summed E-state index contributed by atoms with van der Waals surface area (Å²) in [5.74, 6) is 2.67. The third-order valence-corrected chi connectivity index (χ3v) is 5.75.